The highest BCUT2D eigenvalue weighted by Gasteiger charge is 2.41. The van der Waals surface area contributed by atoms with Gasteiger partial charge in [0.1, 0.15) is 0 Å². The number of rotatable bonds is 8. The summed E-state index contributed by atoms with van der Waals surface area (Å²) < 4.78 is 28.9. The molecule has 0 amide bonds. The molecule has 2 aliphatic rings. The lowest BCUT2D eigenvalue weighted by molar-refractivity contribution is 0.145. The second kappa shape index (κ2) is 8.68. The molecule has 7 nitrogen and oxygen atoms in total. The van der Waals surface area contributed by atoms with Gasteiger partial charge in [-0.05, 0) is 33.6 Å². The minimum absolute atomic E-state index is 0.187. The molecule has 0 radical (unpaired) electrons. The number of sulfone groups is 1. The maximum atomic E-state index is 12.2. The van der Waals surface area contributed by atoms with Crippen LogP contribution < -0.4 is 5.32 Å². The fourth-order valence-corrected chi connectivity index (χ4v) is 4.53. The summed E-state index contributed by atoms with van der Waals surface area (Å²) in [6, 6.07) is 0.687. The lowest BCUT2D eigenvalue weighted by atomic mass is 10.2. The largest absolute Gasteiger partial charge is 0.383 e. The second-order valence-electron chi connectivity index (χ2n) is 7.50. The van der Waals surface area contributed by atoms with Gasteiger partial charge in [0.05, 0.1) is 23.7 Å². The van der Waals surface area contributed by atoms with Gasteiger partial charge in [0.25, 0.3) is 0 Å². The minimum atomic E-state index is -3.04. The highest BCUT2D eigenvalue weighted by molar-refractivity contribution is 7.92. The van der Waals surface area contributed by atoms with Crippen LogP contribution in [-0.2, 0) is 14.6 Å². The van der Waals surface area contributed by atoms with E-state index in [4.69, 9.17) is 9.73 Å². The van der Waals surface area contributed by atoms with Crippen molar-refractivity contribution in [1.29, 1.82) is 0 Å². The molecular weight excluding hydrogens is 340 g/mol. The van der Waals surface area contributed by atoms with Crippen molar-refractivity contribution in [3.8, 4) is 0 Å². The molecule has 0 spiro atoms. The number of nitrogens with zero attached hydrogens (tertiary/aromatic N) is 3. The van der Waals surface area contributed by atoms with Crippen LogP contribution in [0.3, 0.4) is 0 Å². The normalized spacial score (nSPS) is 23.1. The van der Waals surface area contributed by atoms with E-state index in [1.165, 1.54) is 12.8 Å². The van der Waals surface area contributed by atoms with Gasteiger partial charge in [-0.2, -0.15) is 0 Å². The van der Waals surface area contributed by atoms with Crippen LogP contribution in [0.15, 0.2) is 4.99 Å². The van der Waals surface area contributed by atoms with Crippen LogP contribution in [0.1, 0.15) is 33.6 Å². The van der Waals surface area contributed by atoms with Crippen molar-refractivity contribution in [2.24, 2.45) is 4.99 Å². The molecule has 1 heterocycles. The Morgan fingerprint density at radius 1 is 1.36 bits per heavy atom. The van der Waals surface area contributed by atoms with Crippen LogP contribution in [0, 0.1) is 0 Å². The summed E-state index contributed by atoms with van der Waals surface area (Å²) in [6.07, 6.45) is 2.54. The van der Waals surface area contributed by atoms with Crippen LogP contribution in [-0.4, -0.2) is 93.7 Å². The Balaban J connectivity index is 1.96. The Morgan fingerprint density at radius 3 is 2.64 bits per heavy atom. The third kappa shape index (κ3) is 5.56. The summed E-state index contributed by atoms with van der Waals surface area (Å²) in [5.41, 5.74) is 0. The number of guanidine groups is 1. The van der Waals surface area contributed by atoms with Gasteiger partial charge in [0, 0.05) is 45.9 Å². The molecule has 25 heavy (non-hydrogen) atoms. The van der Waals surface area contributed by atoms with Crippen LogP contribution in [0.4, 0.5) is 0 Å². The quantitative estimate of drug-likeness (QED) is 0.495. The van der Waals surface area contributed by atoms with Gasteiger partial charge < -0.3 is 15.0 Å². The zero-order valence-electron chi connectivity index (χ0n) is 16.1. The average molecular weight is 375 g/mol. The van der Waals surface area contributed by atoms with Crippen LogP contribution in [0.25, 0.3) is 0 Å². The van der Waals surface area contributed by atoms with Crippen molar-refractivity contribution in [3.63, 3.8) is 0 Å². The molecule has 0 aromatic rings. The maximum absolute atomic E-state index is 12.2. The molecule has 0 bridgehead atoms. The first-order chi connectivity index (χ1) is 11.8. The van der Waals surface area contributed by atoms with Crippen molar-refractivity contribution in [2.75, 3.05) is 58.7 Å². The van der Waals surface area contributed by atoms with E-state index < -0.39 is 14.6 Å². The van der Waals surface area contributed by atoms with E-state index in [9.17, 15) is 8.42 Å². The third-order valence-electron chi connectivity index (χ3n) is 4.97. The standard InChI is InChI=1S/C17H34N4O3S/c1-5-18-16(21-11-13-25(22,23)17(2,3)14-21)19-8-9-20(10-12-24-4)15-6-7-15/h15H,5-14H2,1-4H3,(H,18,19). The van der Waals surface area contributed by atoms with Gasteiger partial charge in [-0.15, -0.1) is 0 Å². The molecule has 1 saturated carbocycles. The molecule has 146 valence electrons. The number of hydrogen-bond acceptors (Lipinski definition) is 5. The predicted molar refractivity (Wildman–Crippen MR) is 102 cm³/mol. The smallest absolute Gasteiger partial charge is 0.194 e. The molecule has 2 fully saturated rings. The number of aliphatic imine (C=N–C) groups is 1. The molecule has 1 N–H and O–H groups in total. The highest BCUT2D eigenvalue weighted by atomic mass is 32.2. The first-order valence-corrected chi connectivity index (χ1v) is 10.9. The molecule has 1 saturated heterocycles. The van der Waals surface area contributed by atoms with E-state index in [0.717, 1.165) is 32.2 Å². The van der Waals surface area contributed by atoms with E-state index in [2.05, 4.69) is 15.1 Å². The van der Waals surface area contributed by atoms with Crippen LogP contribution >= 0.6 is 0 Å². The molecule has 0 atom stereocenters. The molecule has 0 aromatic heterocycles. The number of ether oxygens (including phenoxy) is 1. The van der Waals surface area contributed by atoms with Gasteiger partial charge in [0.2, 0.25) is 0 Å². The predicted octanol–water partition coefficient (Wildman–Crippen LogP) is 0.572. The van der Waals surface area contributed by atoms with E-state index >= 15 is 0 Å². The van der Waals surface area contributed by atoms with Crippen LogP contribution in [0.5, 0.6) is 0 Å². The molecule has 1 aliphatic carbocycles. The van der Waals surface area contributed by atoms with Crippen molar-refractivity contribution >= 4 is 15.8 Å². The monoisotopic (exact) mass is 374 g/mol. The highest BCUT2D eigenvalue weighted by Crippen LogP contribution is 2.26. The average Bonchev–Trinajstić information content (AvgIpc) is 3.37. The van der Waals surface area contributed by atoms with Crippen molar-refractivity contribution < 1.29 is 13.2 Å². The zero-order chi connectivity index (χ0) is 18.5. The van der Waals surface area contributed by atoms with Gasteiger partial charge in [0.15, 0.2) is 15.8 Å². The van der Waals surface area contributed by atoms with Gasteiger partial charge in [-0.1, -0.05) is 0 Å². The van der Waals surface area contributed by atoms with Gasteiger partial charge in [-0.3, -0.25) is 9.89 Å². The van der Waals surface area contributed by atoms with Crippen LogP contribution in [0.2, 0.25) is 0 Å². The Kier molecular flexibility index (Phi) is 7.10. The van der Waals surface area contributed by atoms with E-state index in [1.807, 2.05) is 6.92 Å². The Morgan fingerprint density at radius 2 is 2.08 bits per heavy atom. The van der Waals surface area contributed by atoms with Crippen molar-refractivity contribution in [3.05, 3.63) is 0 Å². The summed E-state index contributed by atoms with van der Waals surface area (Å²) in [4.78, 5) is 9.29. The molecule has 2 rings (SSSR count). The third-order valence-corrected chi connectivity index (χ3v) is 7.51. The summed E-state index contributed by atoms with van der Waals surface area (Å²) in [6.45, 7) is 10.7. The summed E-state index contributed by atoms with van der Waals surface area (Å²) in [5.74, 6) is 1.01. The van der Waals surface area contributed by atoms with Crippen molar-refractivity contribution in [2.45, 2.75) is 44.4 Å². The molecule has 1 aliphatic heterocycles. The number of methoxy groups -OCH3 is 1. The number of nitrogens with one attached hydrogen (secondary N) is 1. The molecule has 0 aromatic carbocycles. The number of hydrogen-bond donors (Lipinski definition) is 1. The Bertz CT molecular complexity index is 558. The summed E-state index contributed by atoms with van der Waals surface area (Å²) >= 11 is 0. The van der Waals surface area contributed by atoms with Crippen molar-refractivity contribution in [1.82, 2.24) is 15.1 Å². The Hall–Kier alpha value is -0.860. The molecular formula is C17H34N4O3S. The topological polar surface area (TPSA) is 74.2 Å². The van der Waals surface area contributed by atoms with E-state index in [-0.39, 0.29) is 5.75 Å². The summed E-state index contributed by atoms with van der Waals surface area (Å²) in [7, 11) is -1.30. The SMILES string of the molecule is CCNC(=NCCN(CCOC)C1CC1)N1CCS(=O)(=O)C(C)(C)C1. The fourth-order valence-electron chi connectivity index (χ4n) is 3.16. The summed E-state index contributed by atoms with van der Waals surface area (Å²) in [5, 5.41) is 3.32. The van der Waals surface area contributed by atoms with E-state index in [0.29, 0.717) is 25.7 Å². The van der Waals surface area contributed by atoms with Gasteiger partial charge >= 0.3 is 0 Å². The maximum Gasteiger partial charge on any atom is 0.194 e. The first-order valence-electron chi connectivity index (χ1n) is 9.29. The fraction of sp³-hybridized carbons (Fsp3) is 0.941. The minimum Gasteiger partial charge on any atom is -0.383 e. The molecule has 8 heteroatoms. The Labute approximate surface area is 152 Å². The van der Waals surface area contributed by atoms with Gasteiger partial charge in [-0.25, -0.2) is 8.42 Å². The lowest BCUT2D eigenvalue weighted by Gasteiger charge is -2.39. The first kappa shape index (κ1) is 20.5. The lowest BCUT2D eigenvalue weighted by Crippen LogP contribution is -2.57. The molecule has 0 unspecified atom stereocenters. The second-order valence-corrected chi connectivity index (χ2v) is 10.2. The van der Waals surface area contributed by atoms with E-state index in [1.54, 1.807) is 21.0 Å². The zero-order valence-corrected chi connectivity index (χ0v) is 16.9.